The van der Waals surface area contributed by atoms with Crippen LogP contribution in [-0.2, 0) is 40.2 Å². The van der Waals surface area contributed by atoms with Gasteiger partial charge in [0, 0.05) is 19.5 Å². The van der Waals surface area contributed by atoms with Crippen LogP contribution >= 0.6 is 0 Å². The Morgan fingerprint density at radius 1 is 0.969 bits per heavy atom. The summed E-state index contributed by atoms with van der Waals surface area (Å²) >= 11 is 0. The summed E-state index contributed by atoms with van der Waals surface area (Å²) in [7, 11) is -5.36. The minimum Gasteiger partial charge on any atom is -0.338 e. The first kappa shape index (κ1) is 24.1. The summed E-state index contributed by atoms with van der Waals surface area (Å²) in [6, 6.07) is 10.2. The van der Waals surface area contributed by atoms with Gasteiger partial charge in [-0.15, -0.1) is 0 Å². The molecule has 0 unspecified atom stereocenters. The topological polar surface area (TPSA) is 54.5 Å². The van der Waals surface area contributed by atoms with Crippen molar-refractivity contribution in [3.05, 3.63) is 70.3 Å². The van der Waals surface area contributed by atoms with E-state index in [0.29, 0.717) is 18.4 Å². The Balaban J connectivity index is 1.68. The van der Waals surface area contributed by atoms with Crippen LogP contribution in [0.1, 0.15) is 34.2 Å². The fraction of sp³-hybridized carbons (Fsp3) is 0.381. The average molecular weight is 479 g/mol. The maximum Gasteiger partial charge on any atom is 0.497 e. The van der Waals surface area contributed by atoms with Crippen LogP contribution in [-0.4, -0.2) is 37.0 Å². The monoisotopic (exact) mass is 479 g/mol. The zero-order chi connectivity index (χ0) is 23.7. The molecule has 2 aromatic rings. The van der Waals surface area contributed by atoms with E-state index >= 15 is 0 Å². The van der Waals surface area contributed by atoms with Crippen LogP contribution < -0.4 is 0 Å². The van der Waals surface area contributed by atoms with Gasteiger partial charge in [0.25, 0.3) is 0 Å². The molecule has 0 bridgehead atoms. The van der Waals surface area contributed by atoms with Crippen molar-refractivity contribution in [2.75, 3.05) is 12.3 Å². The van der Waals surface area contributed by atoms with Crippen molar-refractivity contribution in [3.63, 3.8) is 0 Å². The van der Waals surface area contributed by atoms with E-state index in [2.05, 4.69) is 0 Å². The number of carbonyl (C=O) groups excluding carboxylic acids is 1. The molecule has 1 aliphatic rings. The highest BCUT2D eigenvalue weighted by atomic mass is 32.2. The Hall–Kier alpha value is -2.56. The lowest BCUT2D eigenvalue weighted by Gasteiger charge is -2.30. The molecule has 1 amide bonds. The molecule has 0 atom stereocenters. The minimum absolute atomic E-state index is 0.126. The van der Waals surface area contributed by atoms with Crippen molar-refractivity contribution >= 4 is 15.7 Å². The van der Waals surface area contributed by atoms with Crippen molar-refractivity contribution in [1.29, 1.82) is 0 Å². The molecule has 0 fully saturated rings. The van der Waals surface area contributed by atoms with Gasteiger partial charge in [-0.25, -0.2) is 8.42 Å². The lowest BCUT2D eigenvalue weighted by Crippen LogP contribution is -2.38. The van der Waals surface area contributed by atoms with Gasteiger partial charge >= 0.3 is 11.7 Å². The number of hydrogen-bond donors (Lipinski definition) is 0. The lowest BCUT2D eigenvalue weighted by molar-refractivity contribution is -0.137. The standard InChI is InChI=1S/C21H19F6NO3S/c22-20(23,24)17-6-4-14(5-7-17)12-15-2-1-3-16-13-28(10-8-18(15)16)19(29)9-11-32(30,31)21(25,26)27/h1-7H,8-13H2. The molecular weight excluding hydrogens is 460 g/mol. The summed E-state index contributed by atoms with van der Waals surface area (Å²) < 4.78 is 97.9. The third-order valence-corrected chi connectivity index (χ3v) is 6.78. The first-order valence-corrected chi connectivity index (χ1v) is 11.3. The van der Waals surface area contributed by atoms with E-state index in [-0.39, 0.29) is 13.1 Å². The minimum atomic E-state index is -5.39. The number of sulfone groups is 1. The molecule has 2 aromatic carbocycles. The van der Waals surface area contributed by atoms with Crippen molar-refractivity contribution < 1.29 is 39.6 Å². The van der Waals surface area contributed by atoms with Crippen LogP contribution in [0.15, 0.2) is 42.5 Å². The lowest BCUT2D eigenvalue weighted by atomic mass is 9.91. The molecule has 0 saturated carbocycles. The van der Waals surface area contributed by atoms with Gasteiger partial charge < -0.3 is 4.90 Å². The summed E-state index contributed by atoms with van der Waals surface area (Å²) in [6.45, 7) is 0.336. The second-order valence-electron chi connectivity index (χ2n) is 7.51. The largest absolute Gasteiger partial charge is 0.497 e. The average Bonchev–Trinajstić information content (AvgIpc) is 2.71. The maximum atomic E-state index is 12.7. The summed E-state index contributed by atoms with van der Waals surface area (Å²) in [5.74, 6) is -1.98. The van der Waals surface area contributed by atoms with Crippen LogP contribution in [0.2, 0.25) is 0 Å². The SMILES string of the molecule is O=C(CCS(=O)(=O)C(F)(F)F)N1CCc2c(Cc3ccc(C(F)(F)F)cc3)cccc2C1. The quantitative estimate of drug-likeness (QED) is 0.594. The van der Waals surface area contributed by atoms with Gasteiger partial charge in [-0.1, -0.05) is 30.3 Å². The van der Waals surface area contributed by atoms with Gasteiger partial charge in [0.05, 0.1) is 11.3 Å². The van der Waals surface area contributed by atoms with E-state index in [1.807, 2.05) is 6.07 Å². The fourth-order valence-electron chi connectivity index (χ4n) is 3.59. The second-order valence-corrected chi connectivity index (χ2v) is 9.61. The summed E-state index contributed by atoms with van der Waals surface area (Å²) in [5, 5.41) is 0. The number of benzene rings is 2. The zero-order valence-corrected chi connectivity index (χ0v) is 17.4. The molecule has 32 heavy (non-hydrogen) atoms. The van der Waals surface area contributed by atoms with Crippen LogP contribution in [0, 0.1) is 0 Å². The van der Waals surface area contributed by atoms with Crippen molar-refractivity contribution in [1.82, 2.24) is 4.90 Å². The Morgan fingerprint density at radius 3 is 2.22 bits per heavy atom. The highest BCUT2D eigenvalue weighted by Crippen LogP contribution is 2.30. The molecular formula is C21H19F6NO3S. The maximum absolute atomic E-state index is 12.7. The predicted octanol–water partition coefficient (Wildman–Crippen LogP) is 4.51. The van der Waals surface area contributed by atoms with Gasteiger partial charge in [-0.2, -0.15) is 26.3 Å². The molecule has 11 heteroatoms. The van der Waals surface area contributed by atoms with E-state index in [1.54, 1.807) is 12.1 Å². The van der Waals surface area contributed by atoms with Crippen molar-refractivity contribution in [2.24, 2.45) is 0 Å². The van der Waals surface area contributed by atoms with Crippen LogP contribution in [0.25, 0.3) is 0 Å². The molecule has 3 rings (SSSR count). The van der Waals surface area contributed by atoms with E-state index in [9.17, 15) is 39.6 Å². The first-order valence-electron chi connectivity index (χ1n) is 9.60. The molecule has 4 nitrogen and oxygen atoms in total. The van der Waals surface area contributed by atoms with Gasteiger partial charge in [-0.3, -0.25) is 4.79 Å². The van der Waals surface area contributed by atoms with Gasteiger partial charge in [0.15, 0.2) is 0 Å². The van der Waals surface area contributed by atoms with Crippen LogP contribution in [0.3, 0.4) is 0 Å². The Kier molecular flexibility index (Phi) is 6.60. The number of amides is 1. The van der Waals surface area contributed by atoms with Crippen LogP contribution in [0.5, 0.6) is 0 Å². The third-order valence-electron chi connectivity index (χ3n) is 5.33. The van der Waals surface area contributed by atoms with Gasteiger partial charge in [0.2, 0.25) is 15.7 Å². The highest BCUT2D eigenvalue weighted by molar-refractivity contribution is 7.92. The molecule has 0 spiro atoms. The number of alkyl halides is 6. The van der Waals surface area contributed by atoms with Gasteiger partial charge in [0.1, 0.15) is 0 Å². The second kappa shape index (κ2) is 8.76. The molecule has 1 aliphatic heterocycles. The first-order chi connectivity index (χ1) is 14.8. The number of nitrogens with zero attached hydrogens (tertiary/aromatic N) is 1. The number of fused-ring (bicyclic) bond motifs is 1. The summed E-state index contributed by atoms with van der Waals surface area (Å²) in [5.41, 5.74) is -2.86. The zero-order valence-electron chi connectivity index (χ0n) is 16.6. The molecule has 0 aromatic heterocycles. The molecule has 0 aliphatic carbocycles. The number of halogens is 6. The molecule has 1 heterocycles. The van der Waals surface area contributed by atoms with Gasteiger partial charge in [-0.05, 0) is 47.2 Å². The van der Waals surface area contributed by atoms with Crippen molar-refractivity contribution in [3.8, 4) is 0 Å². The predicted molar refractivity (Wildman–Crippen MR) is 104 cm³/mol. The number of hydrogen-bond acceptors (Lipinski definition) is 3. The fourth-order valence-corrected chi connectivity index (χ4v) is 4.27. The van der Waals surface area contributed by atoms with E-state index in [0.717, 1.165) is 28.8 Å². The highest BCUT2D eigenvalue weighted by Gasteiger charge is 2.45. The molecule has 174 valence electrons. The Bertz CT molecular complexity index is 1090. The number of rotatable bonds is 5. The molecule has 0 radical (unpaired) electrons. The summed E-state index contributed by atoms with van der Waals surface area (Å²) in [4.78, 5) is 13.6. The normalized spacial score (nSPS) is 14.9. The Labute approximate surface area is 180 Å². The molecule has 0 N–H and O–H groups in total. The van der Waals surface area contributed by atoms with E-state index in [1.165, 1.54) is 17.0 Å². The Morgan fingerprint density at radius 2 is 1.62 bits per heavy atom. The summed E-state index contributed by atoms with van der Waals surface area (Å²) in [6.07, 6.45) is -4.38. The van der Waals surface area contributed by atoms with Crippen LogP contribution in [0.4, 0.5) is 26.3 Å². The van der Waals surface area contributed by atoms with E-state index < -0.39 is 45.2 Å². The smallest absolute Gasteiger partial charge is 0.338 e. The third kappa shape index (κ3) is 5.43. The van der Waals surface area contributed by atoms with E-state index in [4.69, 9.17) is 0 Å². The molecule has 0 saturated heterocycles. The van der Waals surface area contributed by atoms with Crippen molar-refractivity contribution in [2.45, 2.75) is 37.5 Å². The number of carbonyl (C=O) groups is 1.